The van der Waals surface area contributed by atoms with Crippen molar-refractivity contribution in [2.24, 2.45) is 5.10 Å². The normalized spacial score (nSPS) is 10.7. The molecule has 0 atom stereocenters. The van der Waals surface area contributed by atoms with E-state index in [0.717, 1.165) is 12.0 Å². The van der Waals surface area contributed by atoms with Crippen molar-refractivity contribution >= 4 is 46.9 Å². The maximum atomic E-state index is 12.0. The second-order valence-electron chi connectivity index (χ2n) is 7.13. The third-order valence-electron chi connectivity index (χ3n) is 4.44. The van der Waals surface area contributed by atoms with Gasteiger partial charge in [-0.25, -0.2) is 5.43 Å². The molecular weight excluding hydrogens is 477 g/mol. The van der Waals surface area contributed by atoms with Crippen molar-refractivity contribution in [3.8, 4) is 11.5 Å². The molecule has 0 radical (unpaired) electrons. The van der Waals surface area contributed by atoms with Crippen molar-refractivity contribution in [3.05, 3.63) is 87.9 Å². The van der Waals surface area contributed by atoms with Gasteiger partial charge in [0.05, 0.1) is 22.9 Å². The number of rotatable bonds is 9. The predicted octanol–water partition coefficient (Wildman–Crippen LogP) is 5.45. The van der Waals surface area contributed by atoms with Gasteiger partial charge in [0.15, 0.2) is 0 Å². The van der Waals surface area contributed by atoms with Crippen LogP contribution in [-0.4, -0.2) is 24.6 Å². The summed E-state index contributed by atoms with van der Waals surface area (Å²) in [7, 11) is 0. The first-order chi connectivity index (χ1) is 16.4. The van der Waals surface area contributed by atoms with E-state index in [2.05, 4.69) is 15.8 Å². The minimum atomic E-state index is -0.885. The van der Waals surface area contributed by atoms with E-state index in [-0.39, 0.29) is 0 Å². The van der Waals surface area contributed by atoms with Crippen LogP contribution < -0.4 is 20.2 Å². The maximum Gasteiger partial charge on any atom is 0.329 e. The number of hydrogen-bond acceptors (Lipinski definition) is 5. The summed E-state index contributed by atoms with van der Waals surface area (Å²) in [6.07, 6.45) is 2.32. The molecule has 0 unspecified atom stereocenters. The lowest BCUT2D eigenvalue weighted by atomic mass is 10.2. The first-order valence-corrected chi connectivity index (χ1v) is 11.2. The van der Waals surface area contributed by atoms with Crippen molar-refractivity contribution in [1.82, 2.24) is 5.43 Å². The predicted molar refractivity (Wildman–Crippen MR) is 134 cm³/mol. The van der Waals surface area contributed by atoms with E-state index in [1.807, 2.05) is 13.0 Å². The number of carbonyl (C=O) groups excluding carboxylic acids is 2. The Morgan fingerprint density at radius 1 is 0.882 bits per heavy atom. The van der Waals surface area contributed by atoms with E-state index < -0.39 is 11.8 Å². The van der Waals surface area contributed by atoms with Crippen molar-refractivity contribution < 1.29 is 19.1 Å². The minimum Gasteiger partial charge on any atom is -0.494 e. The molecule has 0 aliphatic rings. The molecule has 176 valence electrons. The highest BCUT2D eigenvalue weighted by Gasteiger charge is 2.12. The topological polar surface area (TPSA) is 89.0 Å². The van der Waals surface area contributed by atoms with Gasteiger partial charge in [0.25, 0.3) is 0 Å². The third kappa shape index (κ3) is 7.79. The molecule has 0 aliphatic heterocycles. The average Bonchev–Trinajstić information content (AvgIpc) is 2.85. The zero-order valence-electron chi connectivity index (χ0n) is 18.4. The van der Waals surface area contributed by atoms with Crippen LogP contribution in [0.25, 0.3) is 0 Å². The first-order valence-electron chi connectivity index (χ1n) is 10.5. The number of nitrogens with one attached hydrogen (secondary N) is 2. The van der Waals surface area contributed by atoms with Crippen molar-refractivity contribution in [2.45, 2.75) is 20.0 Å². The Bertz CT molecular complexity index is 1150. The zero-order chi connectivity index (χ0) is 24.3. The van der Waals surface area contributed by atoms with Crippen molar-refractivity contribution in [3.63, 3.8) is 0 Å². The molecular formula is C25H23Cl2N3O4. The number of nitrogens with zero attached hydrogens (tertiary/aromatic N) is 1. The Morgan fingerprint density at radius 2 is 1.56 bits per heavy atom. The Kier molecular flexibility index (Phi) is 9.31. The van der Waals surface area contributed by atoms with Crippen molar-refractivity contribution in [1.29, 1.82) is 0 Å². The number of hydrazone groups is 1. The van der Waals surface area contributed by atoms with Crippen LogP contribution in [0, 0.1) is 0 Å². The van der Waals surface area contributed by atoms with Gasteiger partial charge in [-0.3, -0.25) is 9.59 Å². The number of hydrogen-bond donors (Lipinski definition) is 2. The van der Waals surface area contributed by atoms with Crippen LogP contribution >= 0.6 is 23.2 Å². The summed E-state index contributed by atoms with van der Waals surface area (Å²) in [6, 6.07) is 19.1. The largest absolute Gasteiger partial charge is 0.494 e. The Morgan fingerprint density at radius 3 is 2.24 bits per heavy atom. The van der Waals surface area contributed by atoms with Crippen LogP contribution in [-0.2, 0) is 16.2 Å². The molecule has 2 amide bonds. The molecule has 7 nitrogen and oxygen atoms in total. The molecule has 0 saturated carbocycles. The van der Waals surface area contributed by atoms with Crippen molar-refractivity contribution in [2.75, 3.05) is 11.9 Å². The third-order valence-corrected chi connectivity index (χ3v) is 5.18. The smallest absolute Gasteiger partial charge is 0.329 e. The van der Waals surface area contributed by atoms with Crippen LogP contribution in [0.2, 0.25) is 10.0 Å². The molecule has 0 fully saturated rings. The fourth-order valence-corrected chi connectivity index (χ4v) is 3.03. The van der Waals surface area contributed by atoms with Crippen LogP contribution in [0.15, 0.2) is 71.8 Å². The summed E-state index contributed by atoms with van der Waals surface area (Å²) in [6.45, 7) is 2.96. The first kappa shape index (κ1) is 25.1. The molecule has 0 saturated heterocycles. The second-order valence-corrected chi connectivity index (χ2v) is 7.95. The van der Waals surface area contributed by atoms with E-state index in [0.29, 0.717) is 46.0 Å². The lowest BCUT2D eigenvalue weighted by molar-refractivity contribution is -0.136. The highest BCUT2D eigenvalue weighted by molar-refractivity contribution is 6.42. The standard InChI is InChI=1S/C25H23Cl2N3O4/c1-2-13-33-20-10-6-19(7-11-20)29-24(31)25(32)30-28-15-17-3-8-21(9-4-17)34-16-18-5-12-22(26)23(27)14-18/h3-12,14-15H,2,13,16H2,1H3,(H,29,31)(H,30,32)/b28-15-. The maximum absolute atomic E-state index is 12.0. The number of ether oxygens (including phenoxy) is 2. The van der Waals surface area contributed by atoms with Gasteiger partial charge in [-0.05, 0) is 78.2 Å². The highest BCUT2D eigenvalue weighted by atomic mass is 35.5. The van der Waals surface area contributed by atoms with Crippen LogP contribution in [0.3, 0.4) is 0 Å². The molecule has 0 spiro atoms. The summed E-state index contributed by atoms with van der Waals surface area (Å²) in [5.41, 5.74) is 4.28. The van der Waals surface area contributed by atoms with Gasteiger partial charge in [-0.2, -0.15) is 5.10 Å². The quantitative estimate of drug-likeness (QED) is 0.232. The number of benzene rings is 3. The van der Waals surface area contributed by atoms with E-state index in [4.69, 9.17) is 32.7 Å². The molecule has 0 heterocycles. The molecule has 3 aromatic carbocycles. The molecule has 2 N–H and O–H groups in total. The lowest BCUT2D eigenvalue weighted by Crippen LogP contribution is -2.32. The van der Waals surface area contributed by atoms with Crippen LogP contribution in [0.5, 0.6) is 11.5 Å². The summed E-state index contributed by atoms with van der Waals surface area (Å²) in [4.78, 5) is 24.0. The average molecular weight is 500 g/mol. The van der Waals surface area contributed by atoms with Gasteiger partial charge in [0.2, 0.25) is 0 Å². The SMILES string of the molecule is CCCOc1ccc(NC(=O)C(=O)N/N=C\c2ccc(OCc3ccc(Cl)c(Cl)c3)cc2)cc1. The van der Waals surface area contributed by atoms with Gasteiger partial charge in [0, 0.05) is 5.69 Å². The Labute approximate surface area is 207 Å². The molecule has 0 bridgehead atoms. The van der Waals surface area contributed by atoms with Crippen LogP contribution in [0.1, 0.15) is 24.5 Å². The summed E-state index contributed by atoms with van der Waals surface area (Å²) in [5.74, 6) is -0.369. The summed E-state index contributed by atoms with van der Waals surface area (Å²) >= 11 is 11.9. The Hall–Kier alpha value is -3.55. The Balaban J connectivity index is 1.44. The van der Waals surface area contributed by atoms with E-state index >= 15 is 0 Å². The summed E-state index contributed by atoms with van der Waals surface area (Å²) < 4.78 is 11.2. The number of carbonyl (C=O) groups is 2. The fraction of sp³-hybridized carbons (Fsp3) is 0.160. The molecule has 0 aliphatic carbocycles. The number of halogens is 2. The van der Waals surface area contributed by atoms with Gasteiger partial charge in [0.1, 0.15) is 18.1 Å². The fourth-order valence-electron chi connectivity index (χ4n) is 2.70. The molecule has 9 heteroatoms. The molecule has 3 aromatic rings. The molecule has 0 aromatic heterocycles. The van der Waals surface area contributed by atoms with Gasteiger partial charge < -0.3 is 14.8 Å². The van der Waals surface area contributed by atoms with E-state index in [1.165, 1.54) is 6.21 Å². The van der Waals surface area contributed by atoms with Crippen LogP contribution in [0.4, 0.5) is 5.69 Å². The number of anilines is 1. The van der Waals surface area contributed by atoms with Gasteiger partial charge in [-0.1, -0.05) is 36.2 Å². The number of amides is 2. The second kappa shape index (κ2) is 12.6. The monoisotopic (exact) mass is 499 g/mol. The van der Waals surface area contributed by atoms with Gasteiger partial charge in [-0.15, -0.1) is 0 Å². The van der Waals surface area contributed by atoms with E-state index in [1.54, 1.807) is 60.7 Å². The van der Waals surface area contributed by atoms with E-state index in [9.17, 15) is 9.59 Å². The molecule has 34 heavy (non-hydrogen) atoms. The highest BCUT2D eigenvalue weighted by Crippen LogP contribution is 2.23. The summed E-state index contributed by atoms with van der Waals surface area (Å²) in [5, 5.41) is 7.29. The zero-order valence-corrected chi connectivity index (χ0v) is 19.9. The molecule has 3 rings (SSSR count). The minimum absolute atomic E-state index is 0.337. The lowest BCUT2D eigenvalue weighted by Gasteiger charge is -2.07. The van der Waals surface area contributed by atoms with Gasteiger partial charge >= 0.3 is 11.8 Å².